The van der Waals surface area contributed by atoms with Gasteiger partial charge in [0, 0.05) is 6.42 Å². The number of cyclic esters (lactones) is 1. The number of unbranched alkanes of at least 4 members (excludes halogenated alkanes) is 8. The number of methoxy groups -OCH3 is 1. The molecule has 8 atom stereocenters. The molecule has 73 heavy (non-hydrogen) atoms. The predicted octanol–water partition coefficient (Wildman–Crippen LogP) is 4.88. The zero-order valence-corrected chi connectivity index (χ0v) is 46.1. The van der Waals surface area contributed by atoms with Crippen molar-refractivity contribution >= 4 is 59.3 Å². The van der Waals surface area contributed by atoms with Gasteiger partial charge in [0.1, 0.15) is 48.4 Å². The number of rotatable bonds is 24. The molecule has 0 aromatic rings. The Labute approximate surface area is 434 Å². The van der Waals surface area contributed by atoms with E-state index in [1.807, 2.05) is 41.5 Å². The van der Waals surface area contributed by atoms with Gasteiger partial charge in [0.05, 0.1) is 20.0 Å². The fourth-order valence-corrected chi connectivity index (χ4v) is 8.54. The van der Waals surface area contributed by atoms with Crippen molar-refractivity contribution in [1.82, 2.24) is 37.2 Å². The van der Waals surface area contributed by atoms with E-state index < -0.39 is 126 Å². The number of carbonyl (C=O) groups excluding carboxylic acids is 9. The summed E-state index contributed by atoms with van der Waals surface area (Å²) in [4.78, 5) is 138. The number of nitrogens with one attached hydrogen (secondary N) is 7. The molecule has 418 valence electrons. The van der Waals surface area contributed by atoms with Crippen LogP contribution in [0.15, 0.2) is 0 Å². The summed E-state index contributed by atoms with van der Waals surface area (Å²) in [5, 5.41) is 28.5. The minimum absolute atomic E-state index is 0.0482. The maximum absolute atomic E-state index is 14.2. The van der Waals surface area contributed by atoms with Crippen LogP contribution >= 0.6 is 0 Å². The SMILES string of the molecule is CCCCCCCCCCC[C@@H]1CC(=O)N[C@@H](CCC(=O)OC)C(=O)NC(CC(C)C)C(=O)NC(CC(C)C)C(=O)N[C@@H](C(C)C)C(=O)N[C@@H](CC(=O)O)C(=O)NC(CC(C)C)C(=O)NC(CC(C)C)C(=O)O1. The van der Waals surface area contributed by atoms with E-state index in [4.69, 9.17) is 9.47 Å². The second-order valence-corrected chi connectivity index (χ2v) is 21.8. The van der Waals surface area contributed by atoms with Crippen LogP contribution in [0.1, 0.15) is 192 Å². The number of aliphatic carboxylic acids is 1. The molecule has 4 unspecified atom stereocenters. The molecule has 20 nitrogen and oxygen atoms in total. The van der Waals surface area contributed by atoms with E-state index in [0.717, 1.165) is 38.5 Å². The lowest BCUT2D eigenvalue weighted by Crippen LogP contribution is -2.61. The third-order valence-electron chi connectivity index (χ3n) is 12.4. The van der Waals surface area contributed by atoms with Crippen molar-refractivity contribution in [2.24, 2.45) is 29.6 Å². The van der Waals surface area contributed by atoms with E-state index in [9.17, 15) is 53.1 Å². The highest BCUT2D eigenvalue weighted by molar-refractivity contribution is 5.98. The molecule has 0 aromatic heterocycles. The summed E-state index contributed by atoms with van der Waals surface area (Å²) in [7, 11) is 1.18. The summed E-state index contributed by atoms with van der Waals surface area (Å²) < 4.78 is 10.9. The monoisotopic (exact) mass is 1040 g/mol. The molecule has 0 aromatic carbocycles. The van der Waals surface area contributed by atoms with Gasteiger partial charge in [-0.1, -0.05) is 128 Å². The van der Waals surface area contributed by atoms with Gasteiger partial charge in [0.15, 0.2) is 0 Å². The molecule has 0 radical (unpaired) electrons. The molecule has 0 spiro atoms. The number of hydrogen-bond acceptors (Lipinski definition) is 12. The van der Waals surface area contributed by atoms with Gasteiger partial charge in [-0.25, -0.2) is 4.79 Å². The highest BCUT2D eigenvalue weighted by atomic mass is 16.5. The van der Waals surface area contributed by atoms with Crippen LogP contribution in [0.5, 0.6) is 0 Å². The second kappa shape index (κ2) is 35.0. The molecule has 8 N–H and O–H groups in total. The van der Waals surface area contributed by atoms with Gasteiger partial charge in [0.25, 0.3) is 0 Å². The number of ether oxygens (including phenoxy) is 2. The van der Waals surface area contributed by atoms with Crippen LogP contribution in [0.3, 0.4) is 0 Å². The van der Waals surface area contributed by atoms with Crippen molar-refractivity contribution in [2.45, 2.75) is 240 Å². The molecule has 1 saturated heterocycles. The largest absolute Gasteiger partial charge is 0.481 e. The average Bonchev–Trinajstić information content (AvgIpc) is 3.28. The molecule has 1 aliphatic heterocycles. The molecular formula is C53H93N7O13. The van der Waals surface area contributed by atoms with E-state index in [1.165, 1.54) is 20.0 Å². The van der Waals surface area contributed by atoms with Gasteiger partial charge in [-0.3, -0.25) is 43.2 Å². The van der Waals surface area contributed by atoms with E-state index in [0.29, 0.717) is 6.42 Å². The summed E-state index contributed by atoms with van der Waals surface area (Å²) in [6.45, 7) is 19.9. The molecule has 0 bridgehead atoms. The molecule has 0 saturated carbocycles. The van der Waals surface area contributed by atoms with Crippen LogP contribution in [-0.4, -0.2) is 120 Å². The van der Waals surface area contributed by atoms with Crippen LogP contribution in [0.2, 0.25) is 0 Å². The first-order chi connectivity index (χ1) is 34.3. The maximum atomic E-state index is 14.2. The lowest BCUT2D eigenvalue weighted by atomic mass is 9.98. The molecule has 1 fully saturated rings. The van der Waals surface area contributed by atoms with Crippen molar-refractivity contribution in [3.05, 3.63) is 0 Å². The van der Waals surface area contributed by atoms with Crippen molar-refractivity contribution in [1.29, 1.82) is 0 Å². The Morgan fingerprint density at radius 3 is 1.36 bits per heavy atom. The highest BCUT2D eigenvalue weighted by Crippen LogP contribution is 2.19. The topological polar surface area (TPSA) is 294 Å². The van der Waals surface area contributed by atoms with Crippen molar-refractivity contribution < 1.29 is 62.5 Å². The van der Waals surface area contributed by atoms with Gasteiger partial charge in [-0.2, -0.15) is 0 Å². The number of amides is 7. The van der Waals surface area contributed by atoms with E-state index in [2.05, 4.69) is 44.1 Å². The Morgan fingerprint density at radius 2 is 0.918 bits per heavy atom. The minimum Gasteiger partial charge on any atom is -0.481 e. The Bertz CT molecular complexity index is 1790. The molecule has 1 rings (SSSR count). The molecular weight excluding hydrogens is 943 g/mol. The predicted molar refractivity (Wildman–Crippen MR) is 276 cm³/mol. The highest BCUT2D eigenvalue weighted by Gasteiger charge is 2.37. The number of carbonyl (C=O) groups is 10. The first kappa shape index (κ1) is 65.7. The quantitative estimate of drug-likeness (QED) is 0.0473. The minimum atomic E-state index is -1.72. The second-order valence-electron chi connectivity index (χ2n) is 21.8. The third-order valence-corrected chi connectivity index (χ3v) is 12.4. The Morgan fingerprint density at radius 1 is 0.521 bits per heavy atom. The lowest BCUT2D eigenvalue weighted by molar-refractivity contribution is -0.155. The summed E-state index contributed by atoms with van der Waals surface area (Å²) in [6, 6.07) is -9.47. The zero-order valence-electron chi connectivity index (χ0n) is 46.1. The number of hydrogen-bond donors (Lipinski definition) is 8. The Kier molecular flexibility index (Phi) is 31.5. The first-order valence-electron chi connectivity index (χ1n) is 26.9. The Balaban J connectivity index is 3.99. The molecule has 1 aliphatic rings. The van der Waals surface area contributed by atoms with E-state index in [1.54, 1.807) is 27.7 Å². The van der Waals surface area contributed by atoms with Gasteiger partial charge in [0.2, 0.25) is 41.4 Å². The molecule has 0 aliphatic carbocycles. The number of carboxylic acid groups (broad SMARTS) is 1. The van der Waals surface area contributed by atoms with Crippen LogP contribution in [0, 0.1) is 29.6 Å². The standard InChI is InChI=1S/C53H93N7O13/c1-13-14-15-16-17-18-19-20-21-22-36-29-43(61)54-37(23-24-45(64)72-12)47(65)55-38(25-31(2)3)48(66)57-40(27-33(6)7)51(69)60-46(35(10)11)52(70)58-41(30-44(62)63)50(68)56-39(26-32(4)5)49(67)59-42(28-34(8)9)53(71)73-36/h31-42,46H,13-30H2,1-12H3,(H,54,61)(H,55,65)(H,56,68)(H,57,66)(H,58,70)(H,59,67)(H,60,69)(H,62,63)/t36-,37+,38?,39?,40?,41+,42?,46+/m1/s1. The summed E-state index contributed by atoms with van der Waals surface area (Å²) in [5.41, 5.74) is 0. The van der Waals surface area contributed by atoms with Crippen LogP contribution < -0.4 is 37.2 Å². The first-order valence-corrected chi connectivity index (χ1v) is 26.9. The lowest BCUT2D eigenvalue weighted by Gasteiger charge is -2.29. The fraction of sp³-hybridized carbons (Fsp3) is 0.811. The van der Waals surface area contributed by atoms with Crippen LogP contribution in [0.25, 0.3) is 0 Å². The van der Waals surface area contributed by atoms with Crippen molar-refractivity contribution in [2.75, 3.05) is 7.11 Å². The van der Waals surface area contributed by atoms with Crippen LogP contribution in [0.4, 0.5) is 0 Å². The summed E-state index contributed by atoms with van der Waals surface area (Å²) in [5.74, 6) is -9.93. The number of carboxylic acids is 1. The zero-order chi connectivity index (χ0) is 55.4. The normalized spacial score (nSPS) is 23.9. The fourth-order valence-electron chi connectivity index (χ4n) is 8.54. The average molecular weight is 1040 g/mol. The van der Waals surface area contributed by atoms with Gasteiger partial charge >= 0.3 is 17.9 Å². The van der Waals surface area contributed by atoms with E-state index in [-0.39, 0.29) is 68.6 Å². The smallest absolute Gasteiger partial charge is 0.328 e. The summed E-state index contributed by atoms with van der Waals surface area (Å²) >= 11 is 0. The maximum Gasteiger partial charge on any atom is 0.328 e. The van der Waals surface area contributed by atoms with Crippen molar-refractivity contribution in [3.8, 4) is 0 Å². The molecule has 7 amide bonds. The van der Waals surface area contributed by atoms with Gasteiger partial charge in [-0.05, 0) is 74.5 Å². The van der Waals surface area contributed by atoms with Crippen molar-refractivity contribution in [3.63, 3.8) is 0 Å². The van der Waals surface area contributed by atoms with Crippen LogP contribution in [-0.2, 0) is 57.4 Å². The van der Waals surface area contributed by atoms with E-state index >= 15 is 0 Å². The third kappa shape index (κ3) is 27.5. The van der Waals surface area contributed by atoms with Gasteiger partial charge < -0.3 is 51.8 Å². The Hall–Kier alpha value is -5.30. The summed E-state index contributed by atoms with van der Waals surface area (Å²) in [6.07, 6.45) is 6.85. The molecule has 1 heterocycles. The van der Waals surface area contributed by atoms with Gasteiger partial charge in [-0.15, -0.1) is 0 Å². The molecule has 20 heteroatoms. The number of esters is 2.